The van der Waals surface area contributed by atoms with Gasteiger partial charge in [0.1, 0.15) is 0 Å². The number of aromatic nitrogens is 1. The number of carbonyl (C=O) groups is 1. The minimum Gasteiger partial charge on any atom is -0.398 e. The minimum absolute atomic E-state index is 0.00597. The molecule has 1 heterocycles. The minimum atomic E-state index is -0.00597. The van der Waals surface area contributed by atoms with Crippen LogP contribution < -0.4 is 5.73 Å². The molecule has 0 aliphatic heterocycles. The lowest BCUT2D eigenvalue weighted by Gasteiger charge is -2.04. The molecule has 3 nitrogen and oxygen atoms in total. The van der Waals surface area contributed by atoms with Crippen LogP contribution in [0.2, 0.25) is 0 Å². The van der Waals surface area contributed by atoms with Crippen LogP contribution in [0.25, 0.3) is 10.9 Å². The van der Waals surface area contributed by atoms with Gasteiger partial charge < -0.3 is 10.7 Å². The highest BCUT2D eigenvalue weighted by atomic mass is 16.1. The molecular formula is C17H16N2O. The molecule has 0 atom stereocenters. The number of nitrogens with two attached hydrogens (primary N) is 1. The molecule has 0 amide bonds. The lowest BCUT2D eigenvalue weighted by molar-refractivity contribution is 0.104. The van der Waals surface area contributed by atoms with E-state index in [1.807, 2.05) is 44.2 Å². The Morgan fingerprint density at radius 1 is 1.10 bits per heavy atom. The van der Waals surface area contributed by atoms with Crippen molar-refractivity contribution >= 4 is 22.4 Å². The van der Waals surface area contributed by atoms with E-state index >= 15 is 0 Å². The zero-order chi connectivity index (χ0) is 14.3. The second-order valence-electron chi connectivity index (χ2n) is 5.15. The Labute approximate surface area is 117 Å². The van der Waals surface area contributed by atoms with Gasteiger partial charge in [0.25, 0.3) is 0 Å². The van der Waals surface area contributed by atoms with E-state index in [2.05, 4.69) is 4.98 Å². The molecule has 0 bridgehead atoms. The quantitative estimate of drug-likeness (QED) is 0.549. The standard InChI is InChI=1S/C17H16N2O/c1-10-3-6-16-13(7-10)14(9-19-16)17(20)12-5-4-11(2)15(18)8-12/h3-9,19H,18H2,1-2H3. The van der Waals surface area contributed by atoms with Gasteiger partial charge in [0.15, 0.2) is 5.78 Å². The summed E-state index contributed by atoms with van der Waals surface area (Å²) in [5, 5.41) is 0.953. The highest BCUT2D eigenvalue weighted by Crippen LogP contribution is 2.23. The number of H-pyrrole nitrogens is 1. The van der Waals surface area contributed by atoms with E-state index in [4.69, 9.17) is 5.73 Å². The largest absolute Gasteiger partial charge is 0.398 e. The van der Waals surface area contributed by atoms with E-state index in [1.165, 1.54) is 0 Å². The molecule has 0 saturated carbocycles. The SMILES string of the molecule is Cc1ccc2[nH]cc(C(=O)c3ccc(C)c(N)c3)c2c1. The molecule has 100 valence electrons. The van der Waals surface area contributed by atoms with Crippen LogP contribution in [0.3, 0.4) is 0 Å². The van der Waals surface area contributed by atoms with Gasteiger partial charge >= 0.3 is 0 Å². The molecule has 3 heteroatoms. The fourth-order valence-electron chi connectivity index (χ4n) is 2.36. The first-order valence-corrected chi connectivity index (χ1v) is 6.55. The Morgan fingerprint density at radius 3 is 2.65 bits per heavy atom. The smallest absolute Gasteiger partial charge is 0.195 e. The first-order chi connectivity index (χ1) is 9.56. The lowest BCUT2D eigenvalue weighted by Crippen LogP contribution is -2.02. The van der Waals surface area contributed by atoms with E-state index in [0.29, 0.717) is 16.8 Å². The fraction of sp³-hybridized carbons (Fsp3) is 0.118. The summed E-state index contributed by atoms with van der Waals surface area (Å²) >= 11 is 0. The first kappa shape index (κ1) is 12.5. The van der Waals surface area contributed by atoms with E-state index in [0.717, 1.165) is 22.0 Å². The number of fused-ring (bicyclic) bond motifs is 1. The molecule has 0 radical (unpaired) electrons. The van der Waals surface area contributed by atoms with Gasteiger partial charge in [-0.05, 0) is 37.6 Å². The van der Waals surface area contributed by atoms with Gasteiger partial charge in [0.05, 0.1) is 0 Å². The van der Waals surface area contributed by atoms with Gasteiger partial charge in [-0.2, -0.15) is 0 Å². The van der Waals surface area contributed by atoms with Crippen molar-refractivity contribution in [3.8, 4) is 0 Å². The molecule has 0 spiro atoms. The summed E-state index contributed by atoms with van der Waals surface area (Å²) in [5.41, 5.74) is 10.9. The molecule has 0 unspecified atom stereocenters. The number of aryl methyl sites for hydroxylation is 2. The molecule has 0 aliphatic carbocycles. The summed E-state index contributed by atoms with van der Waals surface area (Å²) < 4.78 is 0. The number of rotatable bonds is 2. The van der Waals surface area contributed by atoms with Crippen molar-refractivity contribution < 1.29 is 4.79 Å². The van der Waals surface area contributed by atoms with Gasteiger partial charge in [-0.1, -0.05) is 23.8 Å². The molecule has 3 N–H and O–H groups in total. The fourth-order valence-corrected chi connectivity index (χ4v) is 2.36. The molecule has 0 saturated heterocycles. The van der Waals surface area contributed by atoms with Crippen LogP contribution in [0.1, 0.15) is 27.0 Å². The number of hydrogen-bond acceptors (Lipinski definition) is 2. The lowest BCUT2D eigenvalue weighted by atomic mass is 10.00. The summed E-state index contributed by atoms with van der Waals surface area (Å²) in [5.74, 6) is -0.00597. The van der Waals surface area contributed by atoms with Crippen LogP contribution in [0.4, 0.5) is 5.69 Å². The summed E-state index contributed by atoms with van der Waals surface area (Å²) in [6.45, 7) is 3.95. The van der Waals surface area contributed by atoms with Crippen LogP contribution in [0, 0.1) is 13.8 Å². The van der Waals surface area contributed by atoms with Crippen molar-refractivity contribution in [2.24, 2.45) is 0 Å². The van der Waals surface area contributed by atoms with Gasteiger partial charge in [0, 0.05) is 33.9 Å². The predicted molar refractivity (Wildman–Crippen MR) is 82.1 cm³/mol. The summed E-state index contributed by atoms with van der Waals surface area (Å²) in [6, 6.07) is 11.5. The second kappa shape index (κ2) is 4.53. The van der Waals surface area contributed by atoms with E-state index in [-0.39, 0.29) is 5.78 Å². The van der Waals surface area contributed by atoms with Crippen LogP contribution in [-0.2, 0) is 0 Å². The summed E-state index contributed by atoms with van der Waals surface area (Å²) in [6.07, 6.45) is 1.77. The molecular weight excluding hydrogens is 248 g/mol. The Morgan fingerprint density at radius 2 is 1.90 bits per heavy atom. The number of nitrogen functional groups attached to an aromatic ring is 1. The normalized spacial score (nSPS) is 10.9. The molecule has 3 rings (SSSR count). The Kier molecular flexibility index (Phi) is 2.83. The van der Waals surface area contributed by atoms with Crippen LogP contribution in [0.5, 0.6) is 0 Å². The van der Waals surface area contributed by atoms with Gasteiger partial charge in [-0.3, -0.25) is 4.79 Å². The predicted octanol–water partition coefficient (Wildman–Crippen LogP) is 3.60. The Bertz CT molecular complexity index is 815. The first-order valence-electron chi connectivity index (χ1n) is 6.55. The maximum Gasteiger partial charge on any atom is 0.195 e. The zero-order valence-corrected chi connectivity index (χ0v) is 11.5. The van der Waals surface area contributed by atoms with E-state index in [1.54, 1.807) is 12.3 Å². The summed E-state index contributed by atoms with van der Waals surface area (Å²) in [7, 11) is 0. The van der Waals surface area contributed by atoms with Gasteiger partial charge in [-0.25, -0.2) is 0 Å². The third-order valence-electron chi connectivity index (χ3n) is 3.62. The van der Waals surface area contributed by atoms with Crippen molar-refractivity contribution in [1.29, 1.82) is 0 Å². The highest BCUT2D eigenvalue weighted by molar-refractivity contribution is 6.16. The molecule has 3 aromatic rings. The molecule has 1 aromatic heterocycles. The molecule has 0 fully saturated rings. The van der Waals surface area contributed by atoms with Crippen LogP contribution in [-0.4, -0.2) is 10.8 Å². The second-order valence-corrected chi connectivity index (χ2v) is 5.15. The summed E-state index contributed by atoms with van der Waals surface area (Å²) in [4.78, 5) is 15.8. The van der Waals surface area contributed by atoms with E-state index < -0.39 is 0 Å². The Balaban J connectivity index is 2.12. The van der Waals surface area contributed by atoms with E-state index in [9.17, 15) is 4.79 Å². The van der Waals surface area contributed by atoms with Crippen molar-refractivity contribution in [3.05, 3.63) is 64.8 Å². The van der Waals surface area contributed by atoms with Gasteiger partial charge in [-0.15, -0.1) is 0 Å². The number of aromatic amines is 1. The van der Waals surface area contributed by atoms with Crippen LogP contribution in [0.15, 0.2) is 42.6 Å². The average Bonchev–Trinajstić information content (AvgIpc) is 2.84. The van der Waals surface area contributed by atoms with Crippen LogP contribution >= 0.6 is 0 Å². The number of nitrogens with one attached hydrogen (secondary N) is 1. The highest BCUT2D eigenvalue weighted by Gasteiger charge is 2.14. The molecule has 2 aromatic carbocycles. The third-order valence-corrected chi connectivity index (χ3v) is 3.62. The maximum absolute atomic E-state index is 12.6. The van der Waals surface area contributed by atoms with Crippen molar-refractivity contribution in [1.82, 2.24) is 4.98 Å². The number of ketones is 1. The van der Waals surface area contributed by atoms with Gasteiger partial charge in [0.2, 0.25) is 0 Å². The molecule has 20 heavy (non-hydrogen) atoms. The van der Waals surface area contributed by atoms with Crippen molar-refractivity contribution in [2.75, 3.05) is 5.73 Å². The zero-order valence-electron chi connectivity index (χ0n) is 11.5. The van der Waals surface area contributed by atoms with Crippen molar-refractivity contribution in [2.45, 2.75) is 13.8 Å². The number of anilines is 1. The monoisotopic (exact) mass is 264 g/mol. The maximum atomic E-state index is 12.6. The Hall–Kier alpha value is -2.55. The van der Waals surface area contributed by atoms with Crippen molar-refractivity contribution in [3.63, 3.8) is 0 Å². The average molecular weight is 264 g/mol. The number of carbonyl (C=O) groups excluding carboxylic acids is 1. The molecule has 0 aliphatic rings. The number of benzene rings is 2. The topological polar surface area (TPSA) is 58.9 Å². The third kappa shape index (κ3) is 1.97. The number of hydrogen-bond donors (Lipinski definition) is 2.